The summed E-state index contributed by atoms with van der Waals surface area (Å²) >= 11 is 0. The van der Waals surface area contributed by atoms with E-state index in [1.54, 1.807) is 44.6 Å². The van der Waals surface area contributed by atoms with Crippen LogP contribution >= 0.6 is 0 Å². The molecule has 2 aromatic carbocycles. The lowest BCUT2D eigenvalue weighted by molar-refractivity contribution is -0.143. The molecular formula is C18H20O5. The van der Waals surface area contributed by atoms with Crippen LogP contribution in [0.2, 0.25) is 0 Å². The van der Waals surface area contributed by atoms with Gasteiger partial charge in [0.25, 0.3) is 0 Å². The van der Waals surface area contributed by atoms with E-state index in [-0.39, 0.29) is 12.6 Å². The summed E-state index contributed by atoms with van der Waals surface area (Å²) in [4.78, 5) is 12.1. The van der Waals surface area contributed by atoms with Gasteiger partial charge in [-0.3, -0.25) is 4.79 Å². The molecule has 0 aliphatic carbocycles. The monoisotopic (exact) mass is 316 g/mol. The second-order valence-corrected chi connectivity index (χ2v) is 4.84. The molecule has 0 fully saturated rings. The van der Waals surface area contributed by atoms with Gasteiger partial charge in [0.15, 0.2) is 0 Å². The van der Waals surface area contributed by atoms with Gasteiger partial charge >= 0.3 is 5.97 Å². The van der Waals surface area contributed by atoms with Gasteiger partial charge in [-0.1, -0.05) is 12.1 Å². The average molecular weight is 316 g/mol. The third-order valence-electron chi connectivity index (χ3n) is 3.46. The predicted octanol–water partition coefficient (Wildman–Crippen LogP) is 3.04. The van der Waals surface area contributed by atoms with Gasteiger partial charge in [-0.05, 0) is 42.0 Å². The van der Waals surface area contributed by atoms with Crippen molar-refractivity contribution in [1.29, 1.82) is 0 Å². The molecule has 122 valence electrons. The zero-order chi connectivity index (χ0) is 16.7. The van der Waals surface area contributed by atoms with Crippen LogP contribution in [0, 0.1) is 0 Å². The lowest BCUT2D eigenvalue weighted by Crippen LogP contribution is -2.21. The third kappa shape index (κ3) is 4.39. The molecule has 0 radical (unpaired) electrons. The Morgan fingerprint density at radius 1 is 0.913 bits per heavy atom. The first-order valence-electron chi connectivity index (χ1n) is 7.16. The summed E-state index contributed by atoms with van der Waals surface area (Å²) in [6.45, 7) is 0.173. The minimum atomic E-state index is -0.530. The largest absolute Gasteiger partial charge is 0.497 e. The Morgan fingerprint density at radius 3 is 2.17 bits per heavy atom. The van der Waals surface area contributed by atoms with Gasteiger partial charge in [-0.2, -0.15) is 0 Å². The Hall–Kier alpha value is -2.69. The normalized spacial score (nSPS) is 11.4. The molecule has 0 aliphatic rings. The first-order valence-corrected chi connectivity index (χ1v) is 7.16. The quantitative estimate of drug-likeness (QED) is 0.735. The highest BCUT2D eigenvalue weighted by Gasteiger charge is 2.23. The first-order chi connectivity index (χ1) is 11.2. The number of carbonyl (C=O) groups excluding carboxylic acids is 1. The molecule has 23 heavy (non-hydrogen) atoms. The summed E-state index contributed by atoms with van der Waals surface area (Å²) in [6, 6.07) is 14.5. The zero-order valence-electron chi connectivity index (χ0n) is 13.4. The van der Waals surface area contributed by atoms with E-state index in [9.17, 15) is 4.79 Å². The maximum absolute atomic E-state index is 12.1. The molecule has 5 heteroatoms. The topological polar surface area (TPSA) is 54.0 Å². The molecule has 0 amide bonds. The van der Waals surface area contributed by atoms with Crippen LogP contribution in [0.5, 0.6) is 17.2 Å². The molecule has 0 saturated carbocycles. The van der Waals surface area contributed by atoms with Crippen molar-refractivity contribution in [2.45, 2.75) is 5.92 Å². The van der Waals surface area contributed by atoms with Crippen molar-refractivity contribution in [3.8, 4) is 17.2 Å². The van der Waals surface area contributed by atoms with Crippen LogP contribution in [-0.4, -0.2) is 33.9 Å². The van der Waals surface area contributed by atoms with Crippen LogP contribution in [-0.2, 0) is 9.53 Å². The van der Waals surface area contributed by atoms with E-state index in [1.807, 2.05) is 18.2 Å². The Morgan fingerprint density at radius 2 is 1.57 bits per heavy atom. The summed E-state index contributed by atoms with van der Waals surface area (Å²) in [5.41, 5.74) is 0.782. The van der Waals surface area contributed by atoms with Crippen molar-refractivity contribution >= 4 is 5.97 Å². The van der Waals surface area contributed by atoms with Crippen LogP contribution in [0.3, 0.4) is 0 Å². The Labute approximate surface area is 135 Å². The average Bonchev–Trinajstić information content (AvgIpc) is 2.62. The molecule has 0 saturated heterocycles. The summed E-state index contributed by atoms with van der Waals surface area (Å²) < 4.78 is 20.9. The van der Waals surface area contributed by atoms with Gasteiger partial charge in [0.1, 0.15) is 29.8 Å². The van der Waals surface area contributed by atoms with Crippen molar-refractivity contribution in [2.75, 3.05) is 27.9 Å². The molecule has 0 aliphatic heterocycles. The lowest BCUT2D eigenvalue weighted by Gasteiger charge is -2.17. The number of esters is 1. The Kier molecular flexibility index (Phi) is 5.86. The smallest absolute Gasteiger partial charge is 0.316 e. The maximum atomic E-state index is 12.1. The van der Waals surface area contributed by atoms with E-state index in [2.05, 4.69) is 0 Å². The number of hydrogen-bond acceptors (Lipinski definition) is 5. The summed E-state index contributed by atoms with van der Waals surface area (Å²) in [5.74, 6) is 1.20. The van der Waals surface area contributed by atoms with Gasteiger partial charge in [0, 0.05) is 0 Å². The molecule has 0 aromatic heterocycles. The third-order valence-corrected chi connectivity index (χ3v) is 3.46. The van der Waals surface area contributed by atoms with Crippen LogP contribution in [0.1, 0.15) is 11.5 Å². The Balaban J connectivity index is 2.13. The number of benzene rings is 2. The van der Waals surface area contributed by atoms with E-state index in [0.29, 0.717) is 11.5 Å². The van der Waals surface area contributed by atoms with Gasteiger partial charge in [-0.15, -0.1) is 0 Å². The number of hydrogen-bond donors (Lipinski definition) is 0. The SMILES string of the molecule is COC(=O)C(COc1ccc(OC)cc1)c1cccc(OC)c1. The fraction of sp³-hybridized carbons (Fsp3) is 0.278. The summed E-state index contributed by atoms with van der Waals surface area (Å²) in [7, 11) is 4.55. The molecule has 5 nitrogen and oxygen atoms in total. The van der Waals surface area contributed by atoms with Crippen LogP contribution in [0.15, 0.2) is 48.5 Å². The predicted molar refractivity (Wildman–Crippen MR) is 86.2 cm³/mol. The van der Waals surface area contributed by atoms with E-state index < -0.39 is 5.92 Å². The molecule has 2 rings (SSSR count). The zero-order valence-corrected chi connectivity index (χ0v) is 13.4. The van der Waals surface area contributed by atoms with Crippen LogP contribution < -0.4 is 14.2 Å². The van der Waals surface area contributed by atoms with E-state index in [0.717, 1.165) is 11.3 Å². The number of ether oxygens (including phenoxy) is 4. The second-order valence-electron chi connectivity index (χ2n) is 4.84. The fourth-order valence-electron chi connectivity index (χ4n) is 2.15. The summed E-state index contributed by atoms with van der Waals surface area (Å²) in [5, 5.41) is 0. The number of carbonyl (C=O) groups is 1. The number of rotatable bonds is 7. The van der Waals surface area contributed by atoms with Gasteiger partial charge < -0.3 is 18.9 Å². The molecular weight excluding hydrogens is 296 g/mol. The van der Waals surface area contributed by atoms with Crippen molar-refractivity contribution in [3.63, 3.8) is 0 Å². The molecule has 1 unspecified atom stereocenters. The fourth-order valence-corrected chi connectivity index (χ4v) is 2.15. The van der Waals surface area contributed by atoms with Crippen molar-refractivity contribution in [3.05, 3.63) is 54.1 Å². The highest BCUT2D eigenvalue weighted by atomic mass is 16.5. The summed E-state index contributed by atoms with van der Waals surface area (Å²) in [6.07, 6.45) is 0. The molecule has 2 aromatic rings. The van der Waals surface area contributed by atoms with Gasteiger partial charge in [0.2, 0.25) is 0 Å². The van der Waals surface area contributed by atoms with Crippen LogP contribution in [0.25, 0.3) is 0 Å². The highest BCUT2D eigenvalue weighted by Crippen LogP contribution is 2.24. The number of methoxy groups -OCH3 is 3. The van der Waals surface area contributed by atoms with Gasteiger partial charge in [0.05, 0.1) is 21.3 Å². The second kappa shape index (κ2) is 8.08. The Bertz CT molecular complexity index is 636. The lowest BCUT2D eigenvalue weighted by atomic mass is 10.00. The minimum absolute atomic E-state index is 0.173. The first kappa shape index (κ1) is 16.7. The molecule has 0 heterocycles. The molecule has 1 atom stereocenters. The standard InChI is InChI=1S/C18H20O5/c1-20-14-7-9-15(10-8-14)23-12-17(18(19)22-3)13-5-4-6-16(11-13)21-2/h4-11,17H,12H2,1-3H3. The van der Waals surface area contributed by atoms with Crippen LogP contribution in [0.4, 0.5) is 0 Å². The maximum Gasteiger partial charge on any atom is 0.316 e. The van der Waals surface area contributed by atoms with E-state index in [4.69, 9.17) is 18.9 Å². The van der Waals surface area contributed by atoms with Crippen molar-refractivity contribution in [2.24, 2.45) is 0 Å². The van der Waals surface area contributed by atoms with Gasteiger partial charge in [-0.25, -0.2) is 0 Å². The van der Waals surface area contributed by atoms with E-state index in [1.165, 1.54) is 7.11 Å². The highest BCUT2D eigenvalue weighted by molar-refractivity contribution is 5.78. The molecule has 0 bridgehead atoms. The van der Waals surface area contributed by atoms with Crippen molar-refractivity contribution < 1.29 is 23.7 Å². The molecule has 0 N–H and O–H groups in total. The molecule has 0 spiro atoms. The van der Waals surface area contributed by atoms with Crippen molar-refractivity contribution in [1.82, 2.24) is 0 Å². The minimum Gasteiger partial charge on any atom is -0.497 e. The van der Waals surface area contributed by atoms with E-state index >= 15 is 0 Å².